The van der Waals surface area contributed by atoms with E-state index in [-0.39, 0.29) is 24.7 Å². The van der Waals surface area contributed by atoms with Crippen LogP contribution in [0.2, 0.25) is 0 Å². The normalized spacial score (nSPS) is 10.9. The molecule has 112 valence electrons. The highest BCUT2D eigenvalue weighted by atomic mass is 32.1. The van der Waals surface area contributed by atoms with Gasteiger partial charge in [-0.1, -0.05) is 41.7 Å². The Hall–Kier alpha value is -2.47. The Kier molecular flexibility index (Phi) is 4.02. The molecule has 0 bridgehead atoms. The highest BCUT2D eigenvalue weighted by Crippen LogP contribution is 2.32. The maximum atomic E-state index is 11.8. The summed E-state index contributed by atoms with van der Waals surface area (Å²) < 4.78 is 1.06. The third kappa shape index (κ3) is 3.07. The van der Waals surface area contributed by atoms with Crippen molar-refractivity contribution < 1.29 is 9.59 Å². The predicted molar refractivity (Wildman–Crippen MR) is 88.8 cm³/mol. The second kappa shape index (κ2) is 6.11. The molecule has 0 unspecified atom stereocenters. The molecule has 3 aromatic rings. The number of nitrogens with zero attached hydrogens (tertiary/aromatic N) is 1. The highest BCUT2D eigenvalue weighted by molar-refractivity contribution is 7.23. The van der Waals surface area contributed by atoms with Crippen molar-refractivity contribution >= 4 is 49.3 Å². The van der Waals surface area contributed by atoms with Gasteiger partial charge in [-0.25, -0.2) is 4.98 Å². The SMILES string of the molecule is NC(=O)CCCC(=O)Nc1nc2ccc3ccccc3c2s1. The fourth-order valence-corrected chi connectivity index (χ4v) is 3.33. The molecule has 6 heteroatoms. The Labute approximate surface area is 131 Å². The van der Waals surface area contributed by atoms with Crippen LogP contribution in [0.3, 0.4) is 0 Å². The molecule has 2 amide bonds. The molecular formula is C16H15N3O2S. The van der Waals surface area contributed by atoms with E-state index >= 15 is 0 Å². The summed E-state index contributed by atoms with van der Waals surface area (Å²) in [6.07, 6.45) is 0.937. The fraction of sp³-hybridized carbons (Fsp3) is 0.188. The Morgan fingerprint density at radius 3 is 2.77 bits per heavy atom. The molecule has 5 nitrogen and oxygen atoms in total. The summed E-state index contributed by atoms with van der Waals surface area (Å²) in [6.45, 7) is 0. The molecule has 3 N–H and O–H groups in total. The van der Waals surface area contributed by atoms with Gasteiger partial charge in [0.1, 0.15) is 0 Å². The van der Waals surface area contributed by atoms with E-state index in [1.807, 2.05) is 30.3 Å². The van der Waals surface area contributed by atoms with E-state index < -0.39 is 0 Å². The lowest BCUT2D eigenvalue weighted by Gasteiger charge is -1.99. The average Bonchev–Trinajstić information content (AvgIpc) is 2.89. The second-order valence-corrected chi connectivity index (χ2v) is 6.02. The lowest BCUT2D eigenvalue weighted by Crippen LogP contribution is -2.14. The van der Waals surface area contributed by atoms with Gasteiger partial charge in [0.05, 0.1) is 10.2 Å². The van der Waals surface area contributed by atoms with Crippen molar-refractivity contribution in [3.05, 3.63) is 36.4 Å². The summed E-state index contributed by atoms with van der Waals surface area (Å²) in [7, 11) is 0. The molecule has 0 atom stereocenters. The Bertz CT molecular complexity index is 857. The smallest absolute Gasteiger partial charge is 0.226 e. The predicted octanol–water partition coefficient (Wildman–Crippen LogP) is 3.04. The summed E-state index contributed by atoms with van der Waals surface area (Å²) in [6, 6.07) is 12.1. The minimum Gasteiger partial charge on any atom is -0.370 e. The average molecular weight is 313 g/mol. The summed E-state index contributed by atoms with van der Waals surface area (Å²) >= 11 is 1.46. The number of hydrogen-bond acceptors (Lipinski definition) is 4. The molecule has 0 aliphatic rings. The largest absolute Gasteiger partial charge is 0.370 e. The second-order valence-electron chi connectivity index (χ2n) is 5.02. The first kappa shape index (κ1) is 14.5. The van der Waals surface area contributed by atoms with Crippen molar-refractivity contribution in [3.8, 4) is 0 Å². The molecule has 2 aromatic carbocycles. The number of rotatable bonds is 5. The molecule has 1 heterocycles. The van der Waals surface area contributed by atoms with Gasteiger partial charge in [0.25, 0.3) is 0 Å². The Balaban J connectivity index is 1.79. The van der Waals surface area contributed by atoms with E-state index in [4.69, 9.17) is 5.73 Å². The summed E-state index contributed by atoms with van der Waals surface area (Å²) in [5.74, 6) is -0.538. The van der Waals surface area contributed by atoms with E-state index in [1.165, 1.54) is 11.3 Å². The number of fused-ring (bicyclic) bond motifs is 3. The molecule has 0 aliphatic heterocycles. The Morgan fingerprint density at radius 1 is 1.14 bits per heavy atom. The van der Waals surface area contributed by atoms with Crippen LogP contribution in [0.25, 0.3) is 21.0 Å². The zero-order valence-electron chi connectivity index (χ0n) is 11.8. The van der Waals surface area contributed by atoms with Crippen molar-refractivity contribution in [2.24, 2.45) is 5.73 Å². The number of thiazole rings is 1. The zero-order chi connectivity index (χ0) is 15.5. The van der Waals surface area contributed by atoms with Gasteiger partial charge in [-0.15, -0.1) is 0 Å². The first-order chi connectivity index (χ1) is 10.6. The van der Waals surface area contributed by atoms with Crippen LogP contribution in [0, 0.1) is 0 Å². The quantitative estimate of drug-likeness (QED) is 0.759. The van der Waals surface area contributed by atoms with Crippen molar-refractivity contribution in [1.82, 2.24) is 4.98 Å². The third-order valence-electron chi connectivity index (χ3n) is 3.35. The van der Waals surface area contributed by atoms with Crippen LogP contribution in [-0.4, -0.2) is 16.8 Å². The first-order valence-electron chi connectivity index (χ1n) is 7.00. The van der Waals surface area contributed by atoms with Crippen LogP contribution in [-0.2, 0) is 9.59 Å². The van der Waals surface area contributed by atoms with Gasteiger partial charge in [-0.05, 0) is 17.9 Å². The monoisotopic (exact) mass is 313 g/mol. The van der Waals surface area contributed by atoms with Crippen molar-refractivity contribution in [2.75, 3.05) is 5.32 Å². The molecule has 0 radical (unpaired) electrons. The van der Waals surface area contributed by atoms with Crippen LogP contribution in [0.5, 0.6) is 0 Å². The minimum atomic E-state index is -0.390. The first-order valence-corrected chi connectivity index (χ1v) is 7.81. The number of nitrogens with two attached hydrogens (primary N) is 1. The summed E-state index contributed by atoms with van der Waals surface area (Å²) in [4.78, 5) is 26.9. The third-order valence-corrected chi connectivity index (χ3v) is 4.37. The minimum absolute atomic E-state index is 0.149. The van der Waals surface area contributed by atoms with Crippen molar-refractivity contribution in [3.63, 3.8) is 0 Å². The number of benzene rings is 2. The molecule has 0 spiro atoms. The number of amides is 2. The summed E-state index contributed by atoms with van der Waals surface area (Å²) in [5, 5.41) is 5.65. The highest BCUT2D eigenvalue weighted by Gasteiger charge is 2.10. The van der Waals surface area contributed by atoms with Crippen molar-refractivity contribution in [2.45, 2.75) is 19.3 Å². The number of carbonyl (C=O) groups excluding carboxylic acids is 2. The number of anilines is 1. The van der Waals surface area contributed by atoms with Gasteiger partial charge in [-0.3, -0.25) is 9.59 Å². The topological polar surface area (TPSA) is 85.1 Å². The van der Waals surface area contributed by atoms with E-state index in [0.717, 1.165) is 21.0 Å². The molecule has 1 aromatic heterocycles. The van der Waals surface area contributed by atoms with Gasteiger partial charge in [0.15, 0.2) is 5.13 Å². The van der Waals surface area contributed by atoms with Crippen LogP contribution in [0.1, 0.15) is 19.3 Å². The molecule has 0 saturated heterocycles. The maximum absolute atomic E-state index is 11.8. The maximum Gasteiger partial charge on any atom is 0.226 e. The van der Waals surface area contributed by atoms with Gasteiger partial charge in [-0.2, -0.15) is 0 Å². The standard InChI is InChI=1S/C16H15N3O2S/c17-13(20)6-3-7-14(21)19-16-18-12-9-8-10-4-1-2-5-11(10)15(12)22-16/h1-2,4-5,8-9H,3,6-7H2,(H2,17,20)(H,18,19,21). The number of hydrogen-bond donors (Lipinski definition) is 2. The van der Waals surface area contributed by atoms with E-state index in [1.54, 1.807) is 0 Å². The molecular weight excluding hydrogens is 298 g/mol. The number of carbonyl (C=O) groups is 2. The number of aromatic nitrogens is 1. The number of nitrogens with one attached hydrogen (secondary N) is 1. The molecule has 0 aliphatic carbocycles. The van der Waals surface area contributed by atoms with Crippen molar-refractivity contribution in [1.29, 1.82) is 0 Å². The van der Waals surface area contributed by atoms with Crippen LogP contribution in [0.4, 0.5) is 5.13 Å². The van der Waals surface area contributed by atoms with Gasteiger partial charge in [0.2, 0.25) is 11.8 Å². The molecule has 0 saturated carbocycles. The van der Waals surface area contributed by atoms with E-state index in [0.29, 0.717) is 11.6 Å². The zero-order valence-corrected chi connectivity index (χ0v) is 12.7. The Morgan fingerprint density at radius 2 is 1.95 bits per heavy atom. The van der Waals surface area contributed by atoms with Crippen LogP contribution < -0.4 is 11.1 Å². The molecule has 22 heavy (non-hydrogen) atoms. The van der Waals surface area contributed by atoms with Gasteiger partial charge in [0, 0.05) is 18.2 Å². The molecule has 3 rings (SSSR count). The lowest BCUT2D eigenvalue weighted by molar-refractivity contribution is -0.118. The number of primary amides is 1. The van der Waals surface area contributed by atoms with E-state index in [2.05, 4.69) is 16.4 Å². The van der Waals surface area contributed by atoms with Crippen LogP contribution in [0.15, 0.2) is 36.4 Å². The molecule has 0 fully saturated rings. The summed E-state index contributed by atoms with van der Waals surface area (Å²) in [5.41, 5.74) is 5.93. The van der Waals surface area contributed by atoms with Crippen LogP contribution >= 0.6 is 11.3 Å². The van der Waals surface area contributed by atoms with E-state index in [9.17, 15) is 9.59 Å². The van der Waals surface area contributed by atoms with Gasteiger partial charge < -0.3 is 11.1 Å². The lowest BCUT2D eigenvalue weighted by atomic mass is 10.1. The van der Waals surface area contributed by atoms with Gasteiger partial charge >= 0.3 is 0 Å². The fourth-order valence-electron chi connectivity index (χ4n) is 2.31.